The van der Waals surface area contributed by atoms with E-state index in [0.717, 1.165) is 28.8 Å². The largest absolute Gasteiger partial charge is 0.490 e. The van der Waals surface area contributed by atoms with E-state index in [2.05, 4.69) is 23.1 Å². The summed E-state index contributed by atoms with van der Waals surface area (Å²) < 4.78 is 7.99. The summed E-state index contributed by atoms with van der Waals surface area (Å²) in [4.78, 5) is 3.13. The van der Waals surface area contributed by atoms with Crippen LogP contribution in [0.1, 0.15) is 26.0 Å². The first kappa shape index (κ1) is 18.1. The van der Waals surface area contributed by atoms with Crippen LogP contribution in [0.25, 0.3) is 10.9 Å². The van der Waals surface area contributed by atoms with Crippen LogP contribution in [-0.2, 0) is 6.61 Å². The van der Waals surface area contributed by atoms with Gasteiger partial charge in [-0.05, 0) is 37.8 Å². The van der Waals surface area contributed by atoms with Gasteiger partial charge in [0.05, 0.1) is 6.61 Å². The number of nitrogens with zero attached hydrogens (tertiary/aromatic N) is 1. The van der Waals surface area contributed by atoms with Crippen LogP contribution in [0.5, 0.6) is 5.75 Å². The van der Waals surface area contributed by atoms with Crippen LogP contribution in [0.2, 0.25) is 0 Å². The van der Waals surface area contributed by atoms with Crippen molar-refractivity contribution in [3.63, 3.8) is 0 Å². The second kappa shape index (κ2) is 8.59. The topological polar surface area (TPSA) is 68.7 Å². The van der Waals surface area contributed by atoms with E-state index in [1.807, 2.05) is 30.5 Å². The van der Waals surface area contributed by atoms with Crippen molar-refractivity contribution in [3.05, 3.63) is 30.0 Å². The molecule has 0 fully saturated rings. The number of nitrogens with one attached hydrogen (secondary N) is 1. The molecule has 0 aliphatic rings. The van der Waals surface area contributed by atoms with E-state index in [1.54, 1.807) is 11.9 Å². The zero-order valence-electron chi connectivity index (χ0n) is 14.0. The number of benzene rings is 1. The molecule has 2 aromatic rings. The number of ether oxygens (including phenoxy) is 1. The van der Waals surface area contributed by atoms with Crippen LogP contribution in [0, 0.1) is 0 Å². The highest BCUT2D eigenvalue weighted by molar-refractivity contribution is 7.96. The Morgan fingerprint density at radius 1 is 1.39 bits per heavy atom. The maximum Gasteiger partial charge on any atom is 0.128 e. The molecule has 2 rings (SSSR count). The maximum absolute atomic E-state index is 10.3. The van der Waals surface area contributed by atoms with Gasteiger partial charge in [0.25, 0.3) is 0 Å². The molecule has 0 radical (unpaired) electrons. The molecule has 1 aromatic heterocycles. The van der Waals surface area contributed by atoms with E-state index in [0.29, 0.717) is 12.6 Å². The minimum Gasteiger partial charge on any atom is -0.490 e. The van der Waals surface area contributed by atoms with E-state index >= 15 is 0 Å². The predicted octanol–water partition coefficient (Wildman–Crippen LogP) is 2.78. The Morgan fingerprint density at radius 3 is 2.83 bits per heavy atom. The molecule has 0 amide bonds. The lowest BCUT2D eigenvalue weighted by molar-refractivity contribution is 0.0859. The van der Waals surface area contributed by atoms with Crippen molar-refractivity contribution in [2.75, 3.05) is 19.4 Å². The van der Waals surface area contributed by atoms with Gasteiger partial charge in [-0.3, -0.25) is 0 Å². The molecule has 2 unspecified atom stereocenters. The average molecular weight is 338 g/mol. The molecule has 3 N–H and O–H groups in total. The van der Waals surface area contributed by atoms with Gasteiger partial charge < -0.3 is 19.9 Å². The molecule has 2 atom stereocenters. The molecule has 0 aliphatic carbocycles. The third-order valence-corrected chi connectivity index (χ3v) is 4.97. The molecule has 6 heteroatoms. The van der Waals surface area contributed by atoms with Crippen LogP contribution in [0.4, 0.5) is 0 Å². The summed E-state index contributed by atoms with van der Waals surface area (Å²) in [5.41, 5.74) is 1.67. The molecular weight excluding hydrogens is 312 g/mol. The Kier molecular flexibility index (Phi) is 6.77. The minimum atomic E-state index is -0.553. The van der Waals surface area contributed by atoms with Crippen molar-refractivity contribution in [2.24, 2.45) is 0 Å². The highest BCUT2D eigenvalue weighted by atomic mass is 32.2. The Labute approximate surface area is 141 Å². The number of fused-ring (bicyclic) bond motifs is 1. The first-order valence-electron chi connectivity index (χ1n) is 7.92. The van der Waals surface area contributed by atoms with Crippen LogP contribution in [-0.4, -0.2) is 51.1 Å². The molecule has 5 nitrogen and oxygen atoms in total. The third-order valence-electron chi connectivity index (χ3n) is 3.99. The zero-order valence-corrected chi connectivity index (χ0v) is 14.8. The number of H-pyrrole nitrogens is 1. The van der Waals surface area contributed by atoms with E-state index in [9.17, 15) is 10.2 Å². The Hall–Kier alpha value is -1.21. The standard InChI is InChI=1S/C17H26N2O3S/c1-4-12(2)19(23-3)9-14(21)11-22-17-7-5-6-16-15(17)8-13(10-20)18-16/h5-8,12,14,18,20-21H,4,9-11H2,1-3H3. The number of aliphatic hydroxyl groups excluding tert-OH is 2. The summed E-state index contributed by atoms with van der Waals surface area (Å²) in [6.07, 6.45) is 2.51. The van der Waals surface area contributed by atoms with Crippen LogP contribution >= 0.6 is 11.9 Å². The second-order valence-electron chi connectivity index (χ2n) is 5.67. The van der Waals surface area contributed by atoms with E-state index in [1.165, 1.54) is 0 Å². The van der Waals surface area contributed by atoms with Crippen LogP contribution in [0.3, 0.4) is 0 Å². The summed E-state index contributed by atoms with van der Waals surface area (Å²) in [6, 6.07) is 8.01. The summed E-state index contributed by atoms with van der Waals surface area (Å²) in [5.74, 6) is 0.719. The van der Waals surface area contributed by atoms with Crippen molar-refractivity contribution >= 4 is 22.9 Å². The van der Waals surface area contributed by atoms with E-state index in [4.69, 9.17) is 4.74 Å². The molecule has 0 saturated heterocycles. The molecule has 0 aliphatic heterocycles. The lowest BCUT2D eigenvalue weighted by Gasteiger charge is -2.27. The SMILES string of the molecule is CCC(C)N(CC(O)COc1cccc2[nH]c(CO)cc12)SC. The second-order valence-corrected chi connectivity index (χ2v) is 6.51. The number of rotatable bonds is 9. The van der Waals surface area contributed by atoms with Gasteiger partial charge in [0.15, 0.2) is 0 Å². The summed E-state index contributed by atoms with van der Waals surface area (Å²) in [7, 11) is 0. The smallest absolute Gasteiger partial charge is 0.128 e. The highest BCUT2D eigenvalue weighted by Crippen LogP contribution is 2.26. The number of hydrogen-bond acceptors (Lipinski definition) is 5. The van der Waals surface area contributed by atoms with Crippen molar-refractivity contribution in [1.29, 1.82) is 0 Å². The molecule has 0 bridgehead atoms. The normalized spacial score (nSPS) is 14.3. The molecule has 1 aromatic carbocycles. The van der Waals surface area contributed by atoms with Gasteiger partial charge in [-0.1, -0.05) is 24.9 Å². The third kappa shape index (κ3) is 4.64. The van der Waals surface area contributed by atoms with Gasteiger partial charge in [-0.15, -0.1) is 0 Å². The Balaban J connectivity index is 1.98. The van der Waals surface area contributed by atoms with Crippen molar-refractivity contribution in [1.82, 2.24) is 9.29 Å². The molecule has 23 heavy (non-hydrogen) atoms. The highest BCUT2D eigenvalue weighted by Gasteiger charge is 2.17. The first-order chi connectivity index (χ1) is 11.1. The van der Waals surface area contributed by atoms with Gasteiger partial charge in [0.2, 0.25) is 0 Å². The minimum absolute atomic E-state index is 0.0334. The molecule has 0 saturated carbocycles. The fraction of sp³-hybridized carbons (Fsp3) is 0.529. The number of aromatic nitrogens is 1. The fourth-order valence-corrected chi connectivity index (χ4v) is 3.31. The number of hydrogen-bond donors (Lipinski definition) is 3. The van der Waals surface area contributed by atoms with Gasteiger partial charge >= 0.3 is 0 Å². The quantitative estimate of drug-likeness (QED) is 0.614. The summed E-state index contributed by atoms with van der Waals surface area (Å²) in [5, 5.41) is 20.4. The number of aromatic amines is 1. The summed E-state index contributed by atoms with van der Waals surface area (Å²) in [6.45, 7) is 5.07. The summed E-state index contributed by atoms with van der Waals surface area (Å²) >= 11 is 1.65. The lowest BCUT2D eigenvalue weighted by Crippen LogP contribution is -2.36. The molecule has 0 spiro atoms. The number of aliphatic hydroxyl groups is 2. The lowest BCUT2D eigenvalue weighted by atomic mass is 10.2. The monoisotopic (exact) mass is 338 g/mol. The van der Waals surface area contributed by atoms with Crippen LogP contribution in [0.15, 0.2) is 24.3 Å². The van der Waals surface area contributed by atoms with Gasteiger partial charge in [-0.2, -0.15) is 0 Å². The van der Waals surface area contributed by atoms with Crippen molar-refractivity contribution in [3.8, 4) is 5.75 Å². The fourth-order valence-electron chi connectivity index (χ4n) is 2.48. The van der Waals surface area contributed by atoms with Gasteiger partial charge in [0, 0.05) is 29.2 Å². The molecule has 128 valence electrons. The van der Waals surface area contributed by atoms with Crippen LogP contribution < -0.4 is 4.74 Å². The Bertz CT molecular complexity index is 617. The molecule has 1 heterocycles. The average Bonchev–Trinajstić information content (AvgIpc) is 3.00. The van der Waals surface area contributed by atoms with Crippen molar-refractivity contribution < 1.29 is 14.9 Å². The van der Waals surface area contributed by atoms with Gasteiger partial charge in [0.1, 0.15) is 18.5 Å². The van der Waals surface area contributed by atoms with E-state index in [-0.39, 0.29) is 13.2 Å². The maximum atomic E-state index is 10.3. The first-order valence-corrected chi connectivity index (χ1v) is 9.10. The van der Waals surface area contributed by atoms with Crippen molar-refractivity contribution in [2.45, 2.75) is 39.0 Å². The zero-order chi connectivity index (χ0) is 16.8. The van der Waals surface area contributed by atoms with Gasteiger partial charge in [-0.25, -0.2) is 4.31 Å². The van der Waals surface area contributed by atoms with E-state index < -0.39 is 6.10 Å². The Morgan fingerprint density at radius 2 is 2.17 bits per heavy atom. The predicted molar refractivity (Wildman–Crippen MR) is 95.7 cm³/mol. The molecular formula is C17H26N2O3S.